The van der Waals surface area contributed by atoms with Gasteiger partial charge in [0, 0.05) is 11.8 Å². The maximum Gasteiger partial charge on any atom is 0.271 e. The van der Waals surface area contributed by atoms with Gasteiger partial charge in [-0.1, -0.05) is 0 Å². The maximum atomic E-state index is 11.4. The number of rotatable bonds is 1. The maximum absolute atomic E-state index is 11.4. The first-order valence-electron chi connectivity index (χ1n) is 3.96. The second-order valence-corrected chi connectivity index (χ2v) is 2.97. The molecular weight excluding hydrogens is 184 g/mol. The molecule has 6 nitrogen and oxygen atoms in total. The molecule has 0 aliphatic carbocycles. The molecule has 14 heavy (non-hydrogen) atoms. The Bertz CT molecular complexity index is 566. The minimum Gasteiger partial charge on any atom is -0.364 e. The molecule has 0 bridgehead atoms. The number of carbonyl (C=O) groups excluding carboxylic acids is 1. The van der Waals surface area contributed by atoms with E-state index in [1.165, 1.54) is 16.8 Å². The summed E-state index contributed by atoms with van der Waals surface area (Å²) in [6.45, 7) is 1.72. The highest BCUT2D eigenvalue weighted by Crippen LogP contribution is 2.03. The third-order valence-electron chi connectivity index (χ3n) is 1.89. The van der Waals surface area contributed by atoms with Crippen LogP contribution in [0.15, 0.2) is 17.2 Å². The summed E-state index contributed by atoms with van der Waals surface area (Å²) in [5.41, 5.74) is 5.92. The summed E-state index contributed by atoms with van der Waals surface area (Å²) in [5, 5.41) is 0. The number of aromatic amines is 1. The zero-order chi connectivity index (χ0) is 10.3. The number of aromatic nitrogens is 3. The molecule has 0 aromatic carbocycles. The van der Waals surface area contributed by atoms with Crippen LogP contribution in [0.4, 0.5) is 0 Å². The number of nitrogens with two attached hydrogens (primary N) is 1. The molecule has 2 aromatic rings. The van der Waals surface area contributed by atoms with Crippen LogP contribution in [0.1, 0.15) is 16.2 Å². The Morgan fingerprint density at radius 1 is 1.64 bits per heavy atom. The van der Waals surface area contributed by atoms with Gasteiger partial charge < -0.3 is 10.7 Å². The molecule has 0 fully saturated rings. The fraction of sp³-hybridized carbons (Fsp3) is 0.125. The number of H-pyrrole nitrogens is 1. The molecule has 0 spiro atoms. The zero-order valence-electron chi connectivity index (χ0n) is 7.44. The lowest BCUT2D eigenvalue weighted by Gasteiger charge is -1.96. The molecule has 0 aliphatic rings. The first kappa shape index (κ1) is 8.49. The van der Waals surface area contributed by atoms with E-state index in [0.29, 0.717) is 11.3 Å². The average molecular weight is 192 g/mol. The summed E-state index contributed by atoms with van der Waals surface area (Å²) in [6.07, 6.45) is 1.27. The number of primary amides is 1. The standard InChI is InChI=1S/C8H8N4O2/c1-4-2-5(13)12-3-10-6(7(9)14)8(12)11-4/h2-3,11H,1H3,(H2,9,14). The first-order chi connectivity index (χ1) is 6.59. The van der Waals surface area contributed by atoms with Crippen molar-refractivity contribution in [2.24, 2.45) is 5.73 Å². The van der Waals surface area contributed by atoms with Crippen LogP contribution < -0.4 is 11.3 Å². The topological polar surface area (TPSA) is 93.2 Å². The molecular formula is C8H8N4O2. The van der Waals surface area contributed by atoms with Crippen LogP contribution in [-0.4, -0.2) is 20.3 Å². The van der Waals surface area contributed by atoms with Crippen LogP contribution in [0.2, 0.25) is 0 Å². The molecule has 72 valence electrons. The molecule has 1 amide bonds. The lowest BCUT2D eigenvalue weighted by Crippen LogP contribution is -2.16. The van der Waals surface area contributed by atoms with Crippen LogP contribution in [0.25, 0.3) is 5.65 Å². The summed E-state index contributed by atoms with van der Waals surface area (Å²) in [7, 11) is 0. The lowest BCUT2D eigenvalue weighted by atomic mass is 10.4. The van der Waals surface area contributed by atoms with E-state index < -0.39 is 5.91 Å². The highest BCUT2D eigenvalue weighted by molar-refractivity contribution is 5.96. The third kappa shape index (κ3) is 1.08. The highest BCUT2D eigenvalue weighted by atomic mass is 16.1. The summed E-state index contributed by atoms with van der Waals surface area (Å²) in [5.74, 6) is -0.659. The summed E-state index contributed by atoms with van der Waals surface area (Å²) >= 11 is 0. The number of carbonyl (C=O) groups is 1. The van der Waals surface area contributed by atoms with Gasteiger partial charge in [-0.25, -0.2) is 4.98 Å². The van der Waals surface area contributed by atoms with Crippen molar-refractivity contribution in [2.75, 3.05) is 0 Å². The van der Waals surface area contributed by atoms with Gasteiger partial charge in [-0.15, -0.1) is 0 Å². The second kappa shape index (κ2) is 2.69. The minimum absolute atomic E-state index is 0.0748. The number of nitrogens with zero attached hydrogens (tertiary/aromatic N) is 2. The number of amides is 1. The summed E-state index contributed by atoms with van der Waals surface area (Å²) in [4.78, 5) is 28.9. The Morgan fingerprint density at radius 3 is 3.00 bits per heavy atom. The van der Waals surface area contributed by atoms with Crippen molar-refractivity contribution in [3.05, 3.63) is 34.1 Å². The second-order valence-electron chi connectivity index (χ2n) is 2.97. The van der Waals surface area contributed by atoms with E-state index in [-0.39, 0.29) is 11.3 Å². The highest BCUT2D eigenvalue weighted by Gasteiger charge is 2.11. The van der Waals surface area contributed by atoms with Gasteiger partial charge in [0.15, 0.2) is 11.3 Å². The molecule has 0 saturated carbocycles. The summed E-state index contributed by atoms with van der Waals surface area (Å²) in [6, 6.07) is 1.42. The molecule has 0 aliphatic heterocycles. The molecule has 0 saturated heterocycles. The predicted molar refractivity (Wildman–Crippen MR) is 49.1 cm³/mol. The van der Waals surface area contributed by atoms with Gasteiger partial charge in [0.1, 0.15) is 6.33 Å². The van der Waals surface area contributed by atoms with E-state index in [2.05, 4.69) is 9.97 Å². The largest absolute Gasteiger partial charge is 0.364 e. The SMILES string of the molecule is Cc1cc(=O)n2cnc(C(N)=O)c2[nH]1. The number of hydrogen-bond donors (Lipinski definition) is 2. The Kier molecular flexibility index (Phi) is 1.63. The normalized spacial score (nSPS) is 10.6. The molecule has 3 N–H and O–H groups in total. The molecule has 2 heterocycles. The van der Waals surface area contributed by atoms with Gasteiger partial charge in [0.05, 0.1) is 0 Å². The van der Waals surface area contributed by atoms with Crippen LogP contribution in [0.3, 0.4) is 0 Å². The fourth-order valence-electron chi connectivity index (χ4n) is 1.29. The van der Waals surface area contributed by atoms with Crippen molar-refractivity contribution in [1.29, 1.82) is 0 Å². The molecule has 2 rings (SSSR count). The Balaban J connectivity index is 2.92. The van der Waals surface area contributed by atoms with Crippen LogP contribution >= 0.6 is 0 Å². The monoisotopic (exact) mass is 192 g/mol. The van der Waals surface area contributed by atoms with Gasteiger partial charge in [-0.2, -0.15) is 0 Å². The average Bonchev–Trinajstić information content (AvgIpc) is 2.47. The third-order valence-corrected chi connectivity index (χ3v) is 1.89. The number of aryl methyl sites for hydroxylation is 1. The van der Waals surface area contributed by atoms with Gasteiger partial charge in [0.2, 0.25) is 0 Å². The van der Waals surface area contributed by atoms with Gasteiger partial charge in [-0.05, 0) is 6.92 Å². The van der Waals surface area contributed by atoms with Gasteiger partial charge >= 0.3 is 0 Å². The zero-order valence-corrected chi connectivity index (χ0v) is 7.44. The Labute approximate surface area is 78.4 Å². The Hall–Kier alpha value is -2.11. The predicted octanol–water partition coefficient (Wildman–Crippen LogP) is -0.570. The lowest BCUT2D eigenvalue weighted by molar-refractivity contribution is 0.0997. The number of imidazole rings is 1. The van der Waals surface area contributed by atoms with E-state index in [1.807, 2.05) is 0 Å². The molecule has 0 radical (unpaired) electrons. The van der Waals surface area contributed by atoms with Gasteiger partial charge in [0.25, 0.3) is 11.5 Å². The quantitative estimate of drug-likeness (QED) is 0.633. The Morgan fingerprint density at radius 2 is 2.36 bits per heavy atom. The molecule has 0 unspecified atom stereocenters. The first-order valence-corrected chi connectivity index (χ1v) is 3.96. The van der Waals surface area contributed by atoms with Crippen molar-refractivity contribution in [2.45, 2.75) is 6.92 Å². The van der Waals surface area contributed by atoms with Crippen molar-refractivity contribution >= 4 is 11.6 Å². The molecule has 0 atom stereocenters. The molecule has 2 aromatic heterocycles. The molecule has 6 heteroatoms. The van der Waals surface area contributed by atoms with E-state index in [4.69, 9.17) is 5.73 Å². The van der Waals surface area contributed by atoms with E-state index >= 15 is 0 Å². The number of nitrogens with one attached hydrogen (secondary N) is 1. The van der Waals surface area contributed by atoms with Crippen molar-refractivity contribution < 1.29 is 4.79 Å². The smallest absolute Gasteiger partial charge is 0.271 e. The van der Waals surface area contributed by atoms with E-state index in [0.717, 1.165) is 0 Å². The van der Waals surface area contributed by atoms with Crippen LogP contribution in [-0.2, 0) is 0 Å². The van der Waals surface area contributed by atoms with Crippen molar-refractivity contribution in [3.63, 3.8) is 0 Å². The van der Waals surface area contributed by atoms with Crippen molar-refractivity contribution in [3.8, 4) is 0 Å². The number of hydrogen-bond acceptors (Lipinski definition) is 3. The minimum atomic E-state index is -0.659. The van der Waals surface area contributed by atoms with E-state index in [9.17, 15) is 9.59 Å². The van der Waals surface area contributed by atoms with Gasteiger partial charge in [-0.3, -0.25) is 14.0 Å². The summed E-state index contributed by atoms with van der Waals surface area (Å²) < 4.78 is 1.24. The van der Waals surface area contributed by atoms with Crippen LogP contribution in [0.5, 0.6) is 0 Å². The van der Waals surface area contributed by atoms with Crippen LogP contribution in [0, 0.1) is 6.92 Å². The number of fused-ring (bicyclic) bond motifs is 1. The van der Waals surface area contributed by atoms with Crippen molar-refractivity contribution in [1.82, 2.24) is 14.4 Å². The van der Waals surface area contributed by atoms with E-state index in [1.54, 1.807) is 6.92 Å². The fourth-order valence-corrected chi connectivity index (χ4v) is 1.29.